The summed E-state index contributed by atoms with van der Waals surface area (Å²) in [6.45, 7) is 8.53. The topological polar surface area (TPSA) is 102 Å². The van der Waals surface area contributed by atoms with Gasteiger partial charge in [-0.1, -0.05) is 0 Å². The second kappa shape index (κ2) is 12.1. The first kappa shape index (κ1) is 29.1. The monoisotopic (exact) mass is 598 g/mol. The van der Waals surface area contributed by atoms with Crippen molar-refractivity contribution in [2.75, 3.05) is 61.3 Å². The third kappa shape index (κ3) is 5.91. The van der Waals surface area contributed by atoms with E-state index in [0.717, 1.165) is 43.3 Å². The molecule has 2 aromatic rings. The summed E-state index contributed by atoms with van der Waals surface area (Å²) in [4.78, 5) is 46.3. The maximum Gasteiger partial charge on any atom is 0.255 e. The molecule has 0 radical (unpaired) electrons. The Labute approximate surface area is 260 Å². The Morgan fingerprint density at radius 1 is 0.795 bits per heavy atom. The predicted octanol–water partition coefficient (Wildman–Crippen LogP) is 4.02. The third-order valence-electron chi connectivity index (χ3n) is 11.3. The van der Waals surface area contributed by atoms with E-state index in [1.165, 1.54) is 76.0 Å². The van der Waals surface area contributed by atoms with Crippen LogP contribution in [0.25, 0.3) is 0 Å². The lowest BCUT2D eigenvalue weighted by Gasteiger charge is -2.47. The third-order valence-corrected chi connectivity index (χ3v) is 11.3. The molecular formula is C35H46N6O3. The summed E-state index contributed by atoms with van der Waals surface area (Å²) in [6, 6.07) is 13.9. The van der Waals surface area contributed by atoms with E-state index in [1.807, 2.05) is 18.2 Å². The number of hydrogen-bond acceptors (Lipinski definition) is 7. The predicted molar refractivity (Wildman–Crippen MR) is 172 cm³/mol. The standard InChI is InChI=1S/C35H46N6O3/c36-27-1-3-28(4-2-27)40-21-14-35(15-22-40)12-19-38(20-13-35)16-9-25-10-17-39(18-11-25)29-5-6-30-26(23-29)24-41(34(30)44)31-7-8-32(42)37-33(31)43/h1-6,23,25,31H,7-22,24,36H2,(H,37,42,43). The quantitative estimate of drug-likeness (QED) is 0.383. The van der Waals surface area contributed by atoms with Crippen LogP contribution in [0.2, 0.25) is 0 Å². The molecule has 5 aliphatic rings. The van der Waals surface area contributed by atoms with Crippen LogP contribution >= 0.6 is 0 Å². The highest BCUT2D eigenvalue weighted by molar-refractivity contribution is 6.05. The number of nitrogens with zero attached hydrogens (tertiary/aromatic N) is 4. The lowest BCUT2D eigenvalue weighted by atomic mass is 9.71. The van der Waals surface area contributed by atoms with E-state index in [1.54, 1.807) is 4.90 Å². The van der Waals surface area contributed by atoms with Crippen LogP contribution < -0.4 is 20.9 Å². The van der Waals surface area contributed by atoms with Gasteiger partial charge in [0, 0.05) is 61.8 Å². The molecule has 2 aromatic carbocycles. The Balaban J connectivity index is 0.845. The summed E-state index contributed by atoms with van der Waals surface area (Å²) in [6.07, 6.45) is 9.64. The number of rotatable bonds is 6. The molecule has 9 heteroatoms. The van der Waals surface area contributed by atoms with E-state index < -0.39 is 6.04 Å². The number of anilines is 3. The van der Waals surface area contributed by atoms with Crippen molar-refractivity contribution >= 4 is 34.8 Å². The van der Waals surface area contributed by atoms with Crippen molar-refractivity contribution in [2.24, 2.45) is 11.3 Å². The molecule has 9 nitrogen and oxygen atoms in total. The second-order valence-electron chi connectivity index (χ2n) is 13.9. The number of carbonyl (C=O) groups is 3. The van der Waals surface area contributed by atoms with Gasteiger partial charge in [0.05, 0.1) is 0 Å². The molecule has 3 amide bonds. The van der Waals surface area contributed by atoms with Crippen LogP contribution in [0.4, 0.5) is 17.1 Å². The second-order valence-corrected chi connectivity index (χ2v) is 13.9. The molecule has 44 heavy (non-hydrogen) atoms. The van der Waals surface area contributed by atoms with Gasteiger partial charge < -0.3 is 25.3 Å². The molecule has 3 N–H and O–H groups in total. The van der Waals surface area contributed by atoms with Gasteiger partial charge in [0.1, 0.15) is 6.04 Å². The molecule has 4 fully saturated rings. The van der Waals surface area contributed by atoms with Crippen molar-refractivity contribution in [3.63, 3.8) is 0 Å². The van der Waals surface area contributed by atoms with Gasteiger partial charge >= 0.3 is 0 Å². The lowest BCUT2D eigenvalue weighted by Crippen LogP contribution is -2.52. The van der Waals surface area contributed by atoms with Crippen LogP contribution in [0.5, 0.6) is 0 Å². The van der Waals surface area contributed by atoms with Gasteiger partial charge in [-0.2, -0.15) is 0 Å². The Morgan fingerprint density at radius 2 is 1.45 bits per heavy atom. The van der Waals surface area contributed by atoms with E-state index in [9.17, 15) is 14.4 Å². The van der Waals surface area contributed by atoms with E-state index in [4.69, 9.17) is 5.73 Å². The number of carbonyl (C=O) groups excluding carboxylic acids is 3. The molecule has 5 heterocycles. The Hall–Kier alpha value is -3.59. The number of benzene rings is 2. The van der Waals surface area contributed by atoms with Gasteiger partial charge in [-0.15, -0.1) is 0 Å². The fraction of sp³-hybridized carbons (Fsp3) is 0.571. The van der Waals surface area contributed by atoms with Crippen LogP contribution in [0.1, 0.15) is 73.7 Å². The van der Waals surface area contributed by atoms with Gasteiger partial charge in [0.25, 0.3) is 5.91 Å². The Morgan fingerprint density at radius 3 is 2.16 bits per heavy atom. The zero-order chi connectivity index (χ0) is 30.3. The molecular weight excluding hydrogens is 552 g/mol. The highest BCUT2D eigenvalue weighted by Gasteiger charge is 2.40. The molecule has 4 saturated heterocycles. The van der Waals surface area contributed by atoms with Crippen LogP contribution in [0.15, 0.2) is 42.5 Å². The zero-order valence-electron chi connectivity index (χ0n) is 25.8. The number of amides is 3. The fourth-order valence-corrected chi connectivity index (χ4v) is 8.28. The number of nitrogens with one attached hydrogen (secondary N) is 1. The first-order valence-electron chi connectivity index (χ1n) is 16.7. The average Bonchev–Trinajstić information content (AvgIpc) is 3.37. The molecule has 234 valence electrons. The molecule has 1 unspecified atom stereocenters. The highest BCUT2D eigenvalue weighted by Crippen LogP contribution is 2.42. The van der Waals surface area contributed by atoms with E-state index in [-0.39, 0.29) is 24.1 Å². The van der Waals surface area contributed by atoms with Gasteiger partial charge in [0.2, 0.25) is 11.8 Å². The smallest absolute Gasteiger partial charge is 0.255 e. The van der Waals surface area contributed by atoms with Gasteiger partial charge in [-0.25, -0.2) is 0 Å². The molecule has 7 rings (SSSR count). The van der Waals surface area contributed by atoms with Crippen LogP contribution in [-0.2, 0) is 16.1 Å². The van der Waals surface area contributed by atoms with E-state index in [2.05, 4.69) is 44.3 Å². The van der Waals surface area contributed by atoms with Gasteiger partial charge in [-0.05, 0) is 130 Å². The minimum absolute atomic E-state index is 0.105. The first-order chi connectivity index (χ1) is 21.4. The number of imide groups is 1. The SMILES string of the molecule is Nc1ccc(N2CCC3(CCN(CCC4CCN(c5ccc6c(c5)CN(C5CCC(=O)NC5=O)C6=O)CC4)CC3)CC2)cc1. The molecule has 0 aromatic heterocycles. The maximum atomic E-state index is 13.1. The number of fused-ring (bicyclic) bond motifs is 1. The molecule has 0 bridgehead atoms. The molecule has 0 saturated carbocycles. The van der Waals surface area contributed by atoms with E-state index >= 15 is 0 Å². The number of hydrogen-bond donors (Lipinski definition) is 2. The van der Waals surface area contributed by atoms with Crippen molar-refractivity contribution in [1.29, 1.82) is 0 Å². The number of likely N-dealkylation sites (tertiary alicyclic amines) is 1. The molecule has 0 aliphatic carbocycles. The Kier molecular flexibility index (Phi) is 7.99. The summed E-state index contributed by atoms with van der Waals surface area (Å²) in [5.41, 5.74) is 11.4. The minimum Gasteiger partial charge on any atom is -0.399 e. The lowest BCUT2D eigenvalue weighted by molar-refractivity contribution is -0.136. The number of nitrogen functional groups attached to an aromatic ring is 1. The van der Waals surface area contributed by atoms with Gasteiger partial charge in [0.15, 0.2) is 0 Å². The van der Waals surface area contributed by atoms with Gasteiger partial charge in [-0.3, -0.25) is 19.7 Å². The highest BCUT2D eigenvalue weighted by atomic mass is 16.2. The number of piperidine rings is 4. The molecule has 1 spiro atoms. The first-order valence-corrected chi connectivity index (χ1v) is 16.7. The zero-order valence-corrected chi connectivity index (χ0v) is 25.8. The van der Waals surface area contributed by atoms with Crippen LogP contribution in [0, 0.1) is 11.3 Å². The van der Waals surface area contributed by atoms with Crippen molar-refractivity contribution in [2.45, 2.75) is 70.4 Å². The van der Waals surface area contributed by atoms with Crippen molar-refractivity contribution in [3.05, 3.63) is 53.6 Å². The number of nitrogens with two attached hydrogens (primary N) is 1. The summed E-state index contributed by atoms with van der Waals surface area (Å²) in [5, 5.41) is 2.39. The maximum absolute atomic E-state index is 13.1. The van der Waals surface area contributed by atoms with Crippen molar-refractivity contribution in [3.8, 4) is 0 Å². The van der Waals surface area contributed by atoms with Crippen molar-refractivity contribution in [1.82, 2.24) is 15.1 Å². The van der Waals surface area contributed by atoms with E-state index in [0.29, 0.717) is 23.9 Å². The van der Waals surface area contributed by atoms with Crippen LogP contribution in [0.3, 0.4) is 0 Å². The van der Waals surface area contributed by atoms with Crippen molar-refractivity contribution < 1.29 is 14.4 Å². The summed E-state index contributed by atoms with van der Waals surface area (Å²) in [7, 11) is 0. The van der Waals surface area contributed by atoms with Crippen LogP contribution in [-0.4, -0.2) is 79.4 Å². The Bertz CT molecular complexity index is 1380. The average molecular weight is 599 g/mol. The summed E-state index contributed by atoms with van der Waals surface area (Å²) in [5.74, 6) is 0.0497. The molecule has 1 atom stereocenters. The summed E-state index contributed by atoms with van der Waals surface area (Å²) < 4.78 is 0. The fourth-order valence-electron chi connectivity index (χ4n) is 8.28. The minimum atomic E-state index is -0.564. The molecule has 5 aliphatic heterocycles. The summed E-state index contributed by atoms with van der Waals surface area (Å²) >= 11 is 0. The normalized spacial score (nSPS) is 24.6. The largest absolute Gasteiger partial charge is 0.399 e.